The first-order chi connectivity index (χ1) is 54.0. The highest BCUT2D eigenvalue weighted by Gasteiger charge is 2.57. The minimum atomic E-state index is -2.04. The van der Waals surface area contributed by atoms with E-state index >= 15 is 0 Å². The molecule has 6 rings (SSSR count). The van der Waals surface area contributed by atoms with E-state index in [1.165, 1.54) is 28.1 Å². The van der Waals surface area contributed by atoms with Crippen LogP contribution in [0.5, 0.6) is 0 Å². The summed E-state index contributed by atoms with van der Waals surface area (Å²) in [5.41, 5.74) is -9.40. The van der Waals surface area contributed by atoms with Crippen molar-refractivity contribution in [1.29, 1.82) is 0 Å². The number of rotatable bonds is 27. The standard InChI is InChI=1S/C84H152N6O26/c1-27-59-83(19,101)69(93)49(7)63(45(3)41-79(15,99)73(115-77-65(91)57(89(21)22)39-47(5)107-77)51(9)67(53(11)75(97)111-59)113-61-43-81(17,103-25)71(95)55(13)109-61)87-105-37-31-29-33-85-35-36-86-34-30-32-38-106-88-64-46(4)42-80(16,100)74(116-78-66(92)58(90(23)24)40-48(6)108-78)52(10)68(114-62-44-82(18,104-26)72(96)56(14)110-62)54(12)76(98)112-60(28-2)84(20,102)70(94)50(64)8/h29-32,45-62,65-74,77-78,85-86,91-96,99-102H,27-28,33-44H2,1-26H3/b31-29+,32-30+,87-63+,88-64+/t45-,46+,47-,48+,49+,50-,51-,52-,53+,54+,55+,56-,57+,58-,59-,60+,61?,62?,65-,66+,67+,68-,69-,70+,71+,72-,73-,74+,77?,78?,79-,80+,81-,82+,83-,84+/m0/s1. The van der Waals surface area contributed by atoms with Gasteiger partial charge in [-0.3, -0.25) is 9.59 Å². The van der Waals surface area contributed by atoms with Crippen molar-refractivity contribution in [3.63, 3.8) is 0 Å². The van der Waals surface area contributed by atoms with Gasteiger partial charge in [0, 0.05) is 101 Å². The zero-order valence-corrected chi connectivity index (χ0v) is 74.3. The molecule has 0 aromatic carbocycles. The summed E-state index contributed by atoms with van der Waals surface area (Å²) in [5, 5.41) is 137. The summed E-state index contributed by atoms with van der Waals surface area (Å²) in [6.45, 7) is 35.9. The predicted octanol–water partition coefficient (Wildman–Crippen LogP) is 4.48. The topological polar surface area (TPSA) is 421 Å². The molecule has 0 spiro atoms. The molecule has 36 atom stereocenters. The maximum absolute atomic E-state index is 14.7. The van der Waals surface area contributed by atoms with Crippen LogP contribution in [0.2, 0.25) is 0 Å². The van der Waals surface area contributed by atoms with Gasteiger partial charge >= 0.3 is 11.9 Å². The minimum Gasteiger partial charge on any atom is -0.459 e. The number of aliphatic hydroxyl groups is 10. The SMILES string of the molecule is CC[C@@H]1OC(=O)[C@H](C)[C@H](OC2C[C@](C)(OC)[C@H](O)[C@@H](C)O2)[C@H](C)[C@H](OC2O[C@@H](C)C[C@@H](N(C)C)[C@@H]2O)[C@@](C)(O)C[C@H](C)/C(=N\OC/C=C/CNCCNC/C=C/CO/N=C2\[C@H](C)C[C@@](C)(O)[C@H](OC3O[C@H](C)C[C@H](N(C)C)[C@H]3O)[C@@H](C)[C@H](OC3C[C@@](C)(OC)[C@@H](O)[C@H](C)O3)[C@@H](C)C(=O)O[C@H](CC)[C@@](C)(O)[C@H](O)[C@H]2C)[C@@H](C)[C@H](O)[C@@]1(C)O. The number of esters is 2. The van der Waals surface area contributed by atoms with Gasteiger partial charge in [0.15, 0.2) is 25.2 Å². The summed E-state index contributed by atoms with van der Waals surface area (Å²) in [6, 6.07) is -0.760. The van der Waals surface area contributed by atoms with Crippen LogP contribution in [0, 0.1) is 47.3 Å². The highest BCUT2D eigenvalue weighted by molar-refractivity contribution is 5.89. The van der Waals surface area contributed by atoms with Crippen LogP contribution in [-0.4, -0.2) is 335 Å². The van der Waals surface area contributed by atoms with Crippen LogP contribution in [0.3, 0.4) is 0 Å². The van der Waals surface area contributed by atoms with Crippen molar-refractivity contribution in [1.82, 2.24) is 20.4 Å². The number of carbonyl (C=O) groups is 2. The molecule has 6 fully saturated rings. The van der Waals surface area contributed by atoms with Crippen molar-refractivity contribution in [2.45, 2.75) is 358 Å². The maximum atomic E-state index is 14.7. The van der Waals surface area contributed by atoms with Gasteiger partial charge in [-0.25, -0.2) is 0 Å². The van der Waals surface area contributed by atoms with Crippen molar-refractivity contribution in [2.24, 2.45) is 57.7 Å². The molecular weight excluding hydrogens is 1510 g/mol. The first-order valence-corrected chi connectivity index (χ1v) is 42.2. The fourth-order valence-corrected chi connectivity index (χ4v) is 18.3. The molecule has 6 saturated heterocycles. The zero-order valence-electron chi connectivity index (χ0n) is 74.3. The van der Waals surface area contributed by atoms with Crippen molar-refractivity contribution >= 4 is 23.4 Å². The van der Waals surface area contributed by atoms with E-state index in [9.17, 15) is 60.7 Å². The quantitative estimate of drug-likeness (QED) is 0.0233. The molecule has 0 bridgehead atoms. The lowest BCUT2D eigenvalue weighted by Crippen LogP contribution is -2.61. The van der Waals surface area contributed by atoms with Crippen LogP contribution in [0.1, 0.15) is 190 Å². The van der Waals surface area contributed by atoms with E-state index in [0.717, 1.165) is 0 Å². The zero-order chi connectivity index (χ0) is 87.2. The average Bonchev–Trinajstić information content (AvgIpc) is 0.773. The molecule has 6 aliphatic rings. The number of nitrogens with one attached hydrogen (secondary N) is 2. The number of likely N-dealkylation sites (N-methyl/N-ethyl adjacent to an activating group) is 2. The number of carbonyl (C=O) groups excluding carboxylic acids is 2. The molecular formula is C84H152N6O26. The van der Waals surface area contributed by atoms with E-state index in [0.29, 0.717) is 39.0 Å². The van der Waals surface area contributed by atoms with Crippen molar-refractivity contribution in [2.75, 3.05) is 81.8 Å². The van der Waals surface area contributed by atoms with Crippen LogP contribution in [-0.2, 0) is 76.1 Å². The fraction of sp³-hybridized carbons (Fsp3) is 0.905. The van der Waals surface area contributed by atoms with Crippen LogP contribution in [0.4, 0.5) is 0 Å². The highest BCUT2D eigenvalue weighted by atomic mass is 16.7. The molecule has 32 nitrogen and oxygen atoms in total. The third kappa shape index (κ3) is 25.1. The summed E-state index contributed by atoms with van der Waals surface area (Å²) in [7, 11) is 10.4. The van der Waals surface area contributed by atoms with Crippen LogP contribution < -0.4 is 10.6 Å². The Morgan fingerprint density at radius 2 is 0.810 bits per heavy atom. The first-order valence-electron chi connectivity index (χ1n) is 42.2. The van der Waals surface area contributed by atoms with Gasteiger partial charge < -0.3 is 138 Å². The molecule has 0 saturated carbocycles. The monoisotopic (exact) mass is 1660 g/mol. The number of methoxy groups -OCH3 is 2. The smallest absolute Gasteiger partial charge is 0.311 e. The molecule has 0 aliphatic carbocycles. The normalized spacial score (nSPS) is 46.1. The number of oxime groups is 2. The van der Waals surface area contributed by atoms with Crippen molar-refractivity contribution in [3.8, 4) is 0 Å². The Morgan fingerprint density at radius 3 is 1.12 bits per heavy atom. The number of hydrogen-bond acceptors (Lipinski definition) is 32. The molecule has 32 heteroatoms. The van der Waals surface area contributed by atoms with Crippen LogP contribution in [0.25, 0.3) is 0 Å². The number of nitrogens with zero attached hydrogens (tertiary/aromatic N) is 4. The van der Waals surface area contributed by atoms with E-state index in [4.69, 9.17) is 66.5 Å². The summed E-state index contributed by atoms with van der Waals surface area (Å²) in [4.78, 5) is 45.1. The maximum Gasteiger partial charge on any atom is 0.311 e. The Labute approximate surface area is 690 Å². The lowest BCUT2D eigenvalue weighted by Gasteiger charge is -2.49. The Hall–Kier alpha value is -3.60. The van der Waals surface area contributed by atoms with Gasteiger partial charge in [-0.1, -0.05) is 77.9 Å². The van der Waals surface area contributed by atoms with E-state index < -0.39 is 204 Å². The molecule has 116 heavy (non-hydrogen) atoms. The third-order valence-corrected chi connectivity index (χ3v) is 25.7. The predicted molar refractivity (Wildman–Crippen MR) is 433 cm³/mol. The molecule has 0 radical (unpaired) electrons. The Kier molecular flexibility index (Phi) is 38.1. The fourth-order valence-electron chi connectivity index (χ4n) is 18.3. The van der Waals surface area contributed by atoms with E-state index in [-0.39, 0.29) is 87.5 Å². The van der Waals surface area contributed by atoms with Crippen molar-refractivity contribution in [3.05, 3.63) is 24.3 Å². The van der Waals surface area contributed by atoms with Gasteiger partial charge in [-0.15, -0.1) is 0 Å². The number of ether oxygens (including phenoxy) is 12. The molecule has 0 amide bonds. The number of cyclic esters (lactones) is 2. The molecule has 6 aliphatic heterocycles. The summed E-state index contributed by atoms with van der Waals surface area (Å²) in [5.74, 6) is -8.83. The molecule has 4 unspecified atom stereocenters. The second-order valence-corrected chi connectivity index (χ2v) is 36.1. The van der Waals surface area contributed by atoms with Gasteiger partial charge in [-0.2, -0.15) is 0 Å². The third-order valence-electron chi connectivity index (χ3n) is 25.7. The minimum absolute atomic E-state index is 0.00255. The summed E-state index contributed by atoms with van der Waals surface area (Å²) < 4.78 is 76.5. The van der Waals surface area contributed by atoms with Gasteiger partial charge in [0.2, 0.25) is 0 Å². The number of aliphatic hydroxyl groups excluding tert-OH is 6. The lowest BCUT2D eigenvalue weighted by molar-refractivity contribution is -0.318. The second-order valence-electron chi connectivity index (χ2n) is 36.1. The second kappa shape index (κ2) is 43.6. The Bertz CT molecular complexity index is 2930. The van der Waals surface area contributed by atoms with Gasteiger partial charge in [0.05, 0.1) is 107 Å². The van der Waals surface area contributed by atoms with Gasteiger partial charge in [0.1, 0.15) is 61.0 Å². The number of hydrogen-bond donors (Lipinski definition) is 12. The Morgan fingerprint density at radius 1 is 0.474 bits per heavy atom. The van der Waals surface area contributed by atoms with Gasteiger partial charge in [-0.05, 0) is 162 Å². The average molecular weight is 1660 g/mol. The molecule has 6 heterocycles. The molecule has 12 N–H and O–H groups in total. The summed E-state index contributed by atoms with van der Waals surface area (Å²) >= 11 is 0. The molecule has 0 aromatic heterocycles. The van der Waals surface area contributed by atoms with E-state index in [1.54, 1.807) is 109 Å². The Balaban J connectivity index is 1.15. The first kappa shape index (κ1) is 101. The lowest BCUT2D eigenvalue weighted by atomic mass is 9.73. The molecule has 674 valence electrons. The van der Waals surface area contributed by atoms with Crippen molar-refractivity contribution < 1.29 is 127 Å². The molecule has 0 aromatic rings. The summed E-state index contributed by atoms with van der Waals surface area (Å²) in [6.07, 6.45) is -13.2. The van der Waals surface area contributed by atoms with Crippen LogP contribution in [0.15, 0.2) is 34.6 Å². The van der Waals surface area contributed by atoms with Gasteiger partial charge in [0.25, 0.3) is 0 Å². The largest absolute Gasteiger partial charge is 0.459 e. The highest BCUT2D eigenvalue weighted by Crippen LogP contribution is 2.45. The van der Waals surface area contributed by atoms with E-state index in [1.807, 2.05) is 77.8 Å². The van der Waals surface area contributed by atoms with Crippen LogP contribution >= 0.6 is 0 Å². The van der Waals surface area contributed by atoms with E-state index in [2.05, 4.69) is 20.9 Å².